The normalized spacial score (nSPS) is 15.0. The number of ether oxygens (including phenoxy) is 2. The molecular weight excluding hydrogens is 232 g/mol. The number of carbonyl (C=O) groups excluding carboxylic acids is 1. The smallest absolute Gasteiger partial charge is 0.407 e. The van der Waals surface area contributed by atoms with E-state index in [2.05, 4.69) is 10.6 Å². The highest BCUT2D eigenvalue weighted by molar-refractivity contribution is 5.68. The highest BCUT2D eigenvalue weighted by Crippen LogP contribution is 2.07. The summed E-state index contributed by atoms with van der Waals surface area (Å²) in [6, 6.07) is 0.166. The summed E-state index contributed by atoms with van der Waals surface area (Å²) in [6.45, 7) is 13.7. The van der Waals surface area contributed by atoms with E-state index in [0.29, 0.717) is 6.61 Å². The van der Waals surface area contributed by atoms with E-state index in [-0.39, 0.29) is 18.2 Å². The average Bonchev–Trinajstić information content (AvgIpc) is 2.21. The van der Waals surface area contributed by atoms with E-state index in [0.717, 1.165) is 13.2 Å². The zero-order valence-electron chi connectivity index (χ0n) is 12.5. The van der Waals surface area contributed by atoms with Crippen molar-refractivity contribution < 1.29 is 14.3 Å². The Hall–Kier alpha value is -0.810. The first-order valence-corrected chi connectivity index (χ1v) is 6.57. The maximum absolute atomic E-state index is 11.6. The third kappa shape index (κ3) is 9.24. The molecular formula is C13H28N2O3. The van der Waals surface area contributed by atoms with Gasteiger partial charge in [0, 0.05) is 25.2 Å². The van der Waals surface area contributed by atoms with Gasteiger partial charge in [0.25, 0.3) is 0 Å². The molecule has 0 aromatic rings. The Morgan fingerprint density at radius 1 is 1.22 bits per heavy atom. The van der Waals surface area contributed by atoms with Crippen LogP contribution in [0.1, 0.15) is 41.5 Å². The maximum Gasteiger partial charge on any atom is 0.407 e. The van der Waals surface area contributed by atoms with Crippen LogP contribution in [-0.2, 0) is 9.47 Å². The minimum absolute atomic E-state index is 0.00137. The molecule has 0 aromatic carbocycles. The summed E-state index contributed by atoms with van der Waals surface area (Å²) >= 11 is 0. The summed E-state index contributed by atoms with van der Waals surface area (Å²) < 4.78 is 10.4. The monoisotopic (exact) mass is 260 g/mol. The number of rotatable bonds is 7. The van der Waals surface area contributed by atoms with Crippen molar-refractivity contribution in [2.24, 2.45) is 0 Å². The van der Waals surface area contributed by atoms with Gasteiger partial charge in [-0.15, -0.1) is 0 Å². The van der Waals surface area contributed by atoms with Crippen LogP contribution in [0.4, 0.5) is 4.79 Å². The third-order valence-corrected chi connectivity index (χ3v) is 2.41. The molecule has 0 aliphatic carbocycles. The molecule has 108 valence electrons. The van der Waals surface area contributed by atoms with E-state index in [1.807, 2.05) is 41.5 Å². The van der Waals surface area contributed by atoms with Crippen molar-refractivity contribution in [3.63, 3.8) is 0 Å². The lowest BCUT2D eigenvalue weighted by atomic mass is 10.1. The molecule has 0 radical (unpaired) electrons. The van der Waals surface area contributed by atoms with Gasteiger partial charge in [0.15, 0.2) is 0 Å². The predicted octanol–water partition coefficient (Wildman–Crippen LogP) is 1.91. The Morgan fingerprint density at radius 3 is 2.33 bits per heavy atom. The standard InChI is InChI=1S/C13H28N2O3/c1-7-17-9-8-14-10(2)11(3)15-12(16)18-13(4,5)6/h10-11,14H,7-9H2,1-6H3,(H,15,16). The zero-order valence-corrected chi connectivity index (χ0v) is 12.5. The van der Waals surface area contributed by atoms with E-state index >= 15 is 0 Å². The van der Waals surface area contributed by atoms with E-state index in [1.165, 1.54) is 0 Å². The first kappa shape index (κ1) is 17.2. The van der Waals surface area contributed by atoms with Gasteiger partial charge in [0.2, 0.25) is 0 Å². The fourth-order valence-corrected chi connectivity index (χ4v) is 1.30. The quantitative estimate of drug-likeness (QED) is 0.687. The zero-order chi connectivity index (χ0) is 14.2. The molecule has 0 spiro atoms. The molecule has 0 fully saturated rings. The van der Waals surface area contributed by atoms with Gasteiger partial charge in [-0.1, -0.05) is 0 Å². The van der Waals surface area contributed by atoms with Crippen molar-refractivity contribution >= 4 is 6.09 Å². The lowest BCUT2D eigenvalue weighted by Crippen LogP contribution is -2.48. The Kier molecular flexibility index (Phi) is 7.95. The number of hydrogen-bond donors (Lipinski definition) is 2. The van der Waals surface area contributed by atoms with Crippen LogP contribution in [0.3, 0.4) is 0 Å². The van der Waals surface area contributed by atoms with E-state index in [9.17, 15) is 4.79 Å². The van der Waals surface area contributed by atoms with Crippen molar-refractivity contribution in [2.75, 3.05) is 19.8 Å². The molecule has 0 aliphatic rings. The SMILES string of the molecule is CCOCCNC(C)C(C)NC(=O)OC(C)(C)C. The summed E-state index contributed by atoms with van der Waals surface area (Å²) in [5.74, 6) is 0. The van der Waals surface area contributed by atoms with Gasteiger partial charge in [-0.25, -0.2) is 4.79 Å². The van der Waals surface area contributed by atoms with Gasteiger partial charge in [-0.05, 0) is 41.5 Å². The number of nitrogens with one attached hydrogen (secondary N) is 2. The molecule has 0 saturated heterocycles. The van der Waals surface area contributed by atoms with Crippen LogP contribution in [0.25, 0.3) is 0 Å². The molecule has 0 heterocycles. The lowest BCUT2D eigenvalue weighted by Gasteiger charge is -2.25. The predicted molar refractivity (Wildman–Crippen MR) is 72.8 cm³/mol. The minimum Gasteiger partial charge on any atom is -0.444 e. The van der Waals surface area contributed by atoms with Crippen molar-refractivity contribution in [2.45, 2.75) is 59.2 Å². The molecule has 2 unspecified atom stereocenters. The molecule has 2 atom stereocenters. The first-order valence-electron chi connectivity index (χ1n) is 6.57. The Balaban J connectivity index is 3.85. The molecule has 0 aromatic heterocycles. The topological polar surface area (TPSA) is 59.6 Å². The second-order valence-corrected chi connectivity index (χ2v) is 5.37. The number of carbonyl (C=O) groups is 1. The summed E-state index contributed by atoms with van der Waals surface area (Å²) in [6.07, 6.45) is -0.381. The summed E-state index contributed by atoms with van der Waals surface area (Å²) in [7, 11) is 0. The van der Waals surface area contributed by atoms with E-state index in [1.54, 1.807) is 0 Å². The van der Waals surface area contributed by atoms with Crippen molar-refractivity contribution in [1.82, 2.24) is 10.6 Å². The molecule has 5 nitrogen and oxygen atoms in total. The molecule has 0 saturated carbocycles. The molecule has 5 heteroatoms. The van der Waals surface area contributed by atoms with Crippen LogP contribution in [0, 0.1) is 0 Å². The highest BCUT2D eigenvalue weighted by Gasteiger charge is 2.19. The molecule has 0 aliphatic heterocycles. The molecule has 0 bridgehead atoms. The summed E-state index contributed by atoms with van der Waals surface area (Å²) in [5, 5.41) is 6.10. The summed E-state index contributed by atoms with van der Waals surface area (Å²) in [5.41, 5.74) is -0.463. The van der Waals surface area contributed by atoms with Crippen LogP contribution in [0.15, 0.2) is 0 Å². The van der Waals surface area contributed by atoms with Gasteiger partial charge in [-0.3, -0.25) is 0 Å². The lowest BCUT2D eigenvalue weighted by molar-refractivity contribution is 0.0498. The molecule has 2 N–H and O–H groups in total. The van der Waals surface area contributed by atoms with Crippen LogP contribution < -0.4 is 10.6 Å². The number of alkyl carbamates (subject to hydrolysis) is 1. The fourth-order valence-electron chi connectivity index (χ4n) is 1.30. The maximum atomic E-state index is 11.6. The number of amides is 1. The van der Waals surface area contributed by atoms with Crippen LogP contribution in [-0.4, -0.2) is 43.5 Å². The Labute approximate surface area is 111 Å². The minimum atomic E-state index is -0.463. The largest absolute Gasteiger partial charge is 0.444 e. The average molecular weight is 260 g/mol. The highest BCUT2D eigenvalue weighted by atomic mass is 16.6. The van der Waals surface area contributed by atoms with Gasteiger partial charge in [0.1, 0.15) is 5.60 Å². The second kappa shape index (κ2) is 8.32. The van der Waals surface area contributed by atoms with Crippen molar-refractivity contribution in [1.29, 1.82) is 0 Å². The van der Waals surface area contributed by atoms with Gasteiger partial charge in [0.05, 0.1) is 6.61 Å². The fraction of sp³-hybridized carbons (Fsp3) is 0.923. The summed E-state index contributed by atoms with van der Waals surface area (Å²) in [4.78, 5) is 11.6. The van der Waals surface area contributed by atoms with Gasteiger partial charge >= 0.3 is 6.09 Å². The third-order valence-electron chi connectivity index (χ3n) is 2.41. The Morgan fingerprint density at radius 2 is 1.83 bits per heavy atom. The van der Waals surface area contributed by atoms with Crippen LogP contribution in [0.2, 0.25) is 0 Å². The van der Waals surface area contributed by atoms with Gasteiger partial charge in [-0.2, -0.15) is 0 Å². The molecule has 0 rings (SSSR count). The van der Waals surface area contributed by atoms with E-state index < -0.39 is 5.60 Å². The van der Waals surface area contributed by atoms with Crippen LogP contribution >= 0.6 is 0 Å². The van der Waals surface area contributed by atoms with Gasteiger partial charge < -0.3 is 20.1 Å². The second-order valence-electron chi connectivity index (χ2n) is 5.37. The van der Waals surface area contributed by atoms with Crippen LogP contribution in [0.5, 0.6) is 0 Å². The van der Waals surface area contributed by atoms with E-state index in [4.69, 9.17) is 9.47 Å². The molecule has 1 amide bonds. The first-order chi connectivity index (χ1) is 8.26. The van der Waals surface area contributed by atoms with Crippen molar-refractivity contribution in [3.05, 3.63) is 0 Å². The number of hydrogen-bond acceptors (Lipinski definition) is 4. The Bertz CT molecular complexity index is 239. The van der Waals surface area contributed by atoms with Crippen molar-refractivity contribution in [3.8, 4) is 0 Å². The molecule has 18 heavy (non-hydrogen) atoms.